The van der Waals surface area contributed by atoms with E-state index in [1.54, 1.807) is 7.11 Å². The summed E-state index contributed by atoms with van der Waals surface area (Å²) < 4.78 is 5.17. The first-order valence-electron chi connectivity index (χ1n) is 9.10. The molecule has 5 nitrogen and oxygen atoms in total. The molecule has 1 atom stereocenters. The number of hydrogen-bond donors (Lipinski definition) is 1. The smallest absolute Gasteiger partial charge is 0.145 e. The molecule has 1 unspecified atom stereocenters. The van der Waals surface area contributed by atoms with Crippen LogP contribution in [0, 0.1) is 0 Å². The van der Waals surface area contributed by atoms with Crippen molar-refractivity contribution in [3.63, 3.8) is 0 Å². The summed E-state index contributed by atoms with van der Waals surface area (Å²) in [7, 11) is 3.81. The lowest BCUT2D eigenvalue weighted by molar-refractivity contribution is 0.0918. The quantitative estimate of drug-likeness (QED) is 0.752. The molecule has 6 heteroatoms. The molecule has 1 aliphatic rings. The Balaban J connectivity index is 1.80. The number of nitrogens with zero attached hydrogens (tertiary/aromatic N) is 2. The fourth-order valence-electron chi connectivity index (χ4n) is 3.14. The largest absolute Gasteiger partial charge is 0.390 e. The van der Waals surface area contributed by atoms with Gasteiger partial charge in [-0.25, -0.2) is 0 Å². The van der Waals surface area contributed by atoms with Gasteiger partial charge in [-0.05, 0) is 41.4 Å². The van der Waals surface area contributed by atoms with E-state index in [2.05, 4.69) is 47.4 Å². The third-order valence-electron chi connectivity index (χ3n) is 4.71. The van der Waals surface area contributed by atoms with E-state index in [4.69, 9.17) is 26.9 Å². The van der Waals surface area contributed by atoms with Crippen LogP contribution >= 0.6 is 11.6 Å². The molecule has 0 saturated carbocycles. The van der Waals surface area contributed by atoms with Crippen LogP contribution in [-0.4, -0.2) is 50.6 Å². The molecule has 2 aromatic rings. The molecule has 0 saturated heterocycles. The summed E-state index contributed by atoms with van der Waals surface area (Å²) >= 11 is 6.27. The lowest BCUT2D eigenvalue weighted by Crippen LogP contribution is -2.22. The fourth-order valence-corrected chi connectivity index (χ4v) is 3.31. The number of oxime groups is 1. The number of benzene rings is 2. The van der Waals surface area contributed by atoms with Crippen molar-refractivity contribution in [2.24, 2.45) is 10.9 Å². The van der Waals surface area contributed by atoms with Crippen LogP contribution in [0.2, 0.25) is 5.02 Å². The number of ether oxygens (including phenoxy) is 1. The minimum atomic E-state index is -0.0122. The van der Waals surface area contributed by atoms with Crippen LogP contribution in [0.15, 0.2) is 47.6 Å². The van der Waals surface area contributed by atoms with Gasteiger partial charge in [-0.2, -0.15) is 0 Å². The van der Waals surface area contributed by atoms with E-state index in [9.17, 15) is 0 Å². The van der Waals surface area contributed by atoms with E-state index in [1.807, 2.05) is 12.1 Å². The first-order chi connectivity index (χ1) is 13.1. The van der Waals surface area contributed by atoms with Gasteiger partial charge in [-0.15, -0.1) is 0 Å². The number of methoxy groups -OCH3 is 1. The summed E-state index contributed by atoms with van der Waals surface area (Å²) in [5, 5.41) is 4.89. The van der Waals surface area contributed by atoms with Gasteiger partial charge in [-0.3, -0.25) is 4.90 Å². The molecular weight excluding hydrogens is 362 g/mol. The Morgan fingerprint density at radius 1 is 1.22 bits per heavy atom. The van der Waals surface area contributed by atoms with Crippen molar-refractivity contribution < 1.29 is 9.57 Å². The lowest BCUT2D eigenvalue weighted by atomic mass is 9.96. The van der Waals surface area contributed by atoms with Gasteiger partial charge in [0.2, 0.25) is 0 Å². The molecule has 0 bridgehead atoms. The van der Waals surface area contributed by atoms with E-state index in [0.717, 1.165) is 46.9 Å². The molecule has 0 fully saturated rings. The predicted molar refractivity (Wildman–Crippen MR) is 110 cm³/mol. The van der Waals surface area contributed by atoms with Crippen molar-refractivity contribution in [3.05, 3.63) is 58.6 Å². The second kappa shape index (κ2) is 9.33. The van der Waals surface area contributed by atoms with Crippen molar-refractivity contribution in [2.45, 2.75) is 19.1 Å². The highest BCUT2D eigenvalue weighted by molar-refractivity contribution is 6.30. The van der Waals surface area contributed by atoms with E-state index in [1.165, 1.54) is 5.56 Å². The zero-order chi connectivity index (χ0) is 19.2. The molecule has 0 amide bonds. The second-order valence-electron chi connectivity index (χ2n) is 6.81. The minimum absolute atomic E-state index is 0.0122. The second-order valence-corrected chi connectivity index (χ2v) is 7.25. The van der Waals surface area contributed by atoms with Crippen LogP contribution in [0.1, 0.15) is 17.5 Å². The van der Waals surface area contributed by atoms with E-state index >= 15 is 0 Å². The molecule has 2 N–H and O–H groups in total. The monoisotopic (exact) mass is 387 g/mol. The molecule has 1 aliphatic heterocycles. The SMILES string of the molecule is COCCN(C)Cc1ccc(Cl)cc1-c1ccc(C2=NOC(CN)C2)cc1. The van der Waals surface area contributed by atoms with Crippen LogP contribution in [0.25, 0.3) is 11.1 Å². The number of halogens is 1. The third-order valence-corrected chi connectivity index (χ3v) is 4.95. The highest BCUT2D eigenvalue weighted by Crippen LogP contribution is 2.29. The van der Waals surface area contributed by atoms with Crippen molar-refractivity contribution in [1.29, 1.82) is 0 Å². The molecular formula is C21H26ClN3O2. The highest BCUT2D eigenvalue weighted by atomic mass is 35.5. The summed E-state index contributed by atoms with van der Waals surface area (Å²) in [6.45, 7) is 2.89. The van der Waals surface area contributed by atoms with Crippen LogP contribution in [0.4, 0.5) is 0 Å². The zero-order valence-corrected chi connectivity index (χ0v) is 16.6. The van der Waals surface area contributed by atoms with Crippen LogP contribution < -0.4 is 5.73 Å². The summed E-state index contributed by atoms with van der Waals surface area (Å²) in [4.78, 5) is 7.56. The first kappa shape index (κ1) is 19.8. The maximum Gasteiger partial charge on any atom is 0.145 e. The summed E-state index contributed by atoms with van der Waals surface area (Å²) in [5.41, 5.74) is 11.2. The van der Waals surface area contributed by atoms with Gasteiger partial charge in [0.1, 0.15) is 6.10 Å². The maximum absolute atomic E-state index is 6.27. The molecule has 3 rings (SSSR count). The van der Waals surface area contributed by atoms with Gasteiger partial charge >= 0.3 is 0 Å². The van der Waals surface area contributed by atoms with Crippen molar-refractivity contribution >= 4 is 17.3 Å². The molecule has 0 aromatic heterocycles. The molecule has 0 spiro atoms. The van der Waals surface area contributed by atoms with Gasteiger partial charge in [0.15, 0.2) is 0 Å². The van der Waals surface area contributed by atoms with Gasteiger partial charge in [0.25, 0.3) is 0 Å². The van der Waals surface area contributed by atoms with Gasteiger partial charge in [-0.1, -0.05) is 47.1 Å². The topological polar surface area (TPSA) is 60.1 Å². The number of likely N-dealkylation sites (N-methyl/N-ethyl adjacent to an activating group) is 1. The highest BCUT2D eigenvalue weighted by Gasteiger charge is 2.20. The predicted octanol–water partition coefficient (Wildman–Crippen LogP) is 3.54. The fraction of sp³-hybridized carbons (Fsp3) is 0.381. The van der Waals surface area contributed by atoms with Crippen molar-refractivity contribution in [2.75, 3.05) is 33.9 Å². The summed E-state index contributed by atoms with van der Waals surface area (Å²) in [5.74, 6) is 0. The standard InChI is InChI=1S/C21H26ClN3O2/c1-25(9-10-26-2)14-17-7-8-18(22)11-20(17)15-3-5-16(6-4-15)21-12-19(13-23)27-24-21/h3-8,11,19H,9-10,12-14,23H2,1-2H3. The Labute approximate surface area is 165 Å². The molecule has 0 radical (unpaired) electrons. The Morgan fingerprint density at radius 3 is 2.63 bits per heavy atom. The average molecular weight is 388 g/mol. The van der Waals surface area contributed by atoms with Crippen molar-refractivity contribution in [1.82, 2.24) is 4.90 Å². The molecule has 144 valence electrons. The number of rotatable bonds is 8. The summed E-state index contributed by atoms with van der Waals surface area (Å²) in [6.07, 6.45) is 0.740. The summed E-state index contributed by atoms with van der Waals surface area (Å²) in [6, 6.07) is 14.4. The first-order valence-corrected chi connectivity index (χ1v) is 9.48. The third kappa shape index (κ3) is 5.08. The Hall–Kier alpha value is -1.92. The number of hydrogen-bond acceptors (Lipinski definition) is 5. The normalized spacial score (nSPS) is 16.5. The van der Waals surface area contributed by atoms with Gasteiger partial charge in [0, 0.05) is 38.2 Å². The van der Waals surface area contributed by atoms with E-state index in [-0.39, 0.29) is 6.10 Å². The molecule has 2 aromatic carbocycles. The van der Waals surface area contributed by atoms with Crippen LogP contribution in [-0.2, 0) is 16.1 Å². The molecule has 27 heavy (non-hydrogen) atoms. The Bertz CT molecular complexity index is 793. The van der Waals surface area contributed by atoms with E-state index < -0.39 is 0 Å². The molecule has 1 heterocycles. The van der Waals surface area contributed by atoms with Crippen LogP contribution in [0.5, 0.6) is 0 Å². The minimum Gasteiger partial charge on any atom is -0.390 e. The van der Waals surface area contributed by atoms with E-state index in [0.29, 0.717) is 13.2 Å². The lowest BCUT2D eigenvalue weighted by Gasteiger charge is -2.19. The zero-order valence-electron chi connectivity index (χ0n) is 15.8. The van der Waals surface area contributed by atoms with Gasteiger partial charge in [0.05, 0.1) is 12.3 Å². The van der Waals surface area contributed by atoms with Gasteiger partial charge < -0.3 is 15.3 Å². The maximum atomic E-state index is 6.27. The number of nitrogens with two attached hydrogens (primary N) is 1. The van der Waals surface area contributed by atoms with Crippen LogP contribution in [0.3, 0.4) is 0 Å². The molecule has 0 aliphatic carbocycles. The average Bonchev–Trinajstić information content (AvgIpc) is 3.17. The van der Waals surface area contributed by atoms with Crippen molar-refractivity contribution in [3.8, 4) is 11.1 Å². The Kier molecular flexibility index (Phi) is 6.85. The Morgan fingerprint density at radius 2 is 1.96 bits per heavy atom.